The monoisotopic (exact) mass is 245 g/mol. The van der Waals surface area contributed by atoms with Crippen LogP contribution in [0.25, 0.3) is 5.69 Å². The lowest BCUT2D eigenvalue weighted by molar-refractivity contribution is 0.593. The minimum Gasteiger partial charge on any atom is -0.385 e. The van der Waals surface area contributed by atoms with Gasteiger partial charge in [-0.1, -0.05) is 20.3 Å². The lowest BCUT2D eigenvalue weighted by atomic mass is 10.1. The van der Waals surface area contributed by atoms with Gasteiger partial charge < -0.3 is 5.32 Å². The maximum Gasteiger partial charge on any atom is 0.143 e. The molecule has 1 unspecified atom stereocenters. The number of benzene rings is 1. The van der Waals surface area contributed by atoms with Gasteiger partial charge in [0.05, 0.1) is 5.69 Å². The van der Waals surface area contributed by atoms with Crippen molar-refractivity contribution in [1.82, 2.24) is 20.2 Å². The Labute approximate surface area is 107 Å². The Balaban J connectivity index is 2.10. The fourth-order valence-electron chi connectivity index (χ4n) is 1.73. The van der Waals surface area contributed by atoms with E-state index in [0.29, 0.717) is 5.92 Å². The first-order valence-corrected chi connectivity index (χ1v) is 6.28. The number of hydrogen-bond donors (Lipinski definition) is 1. The third-order valence-electron chi connectivity index (χ3n) is 3.14. The van der Waals surface area contributed by atoms with Crippen LogP contribution in [0.3, 0.4) is 0 Å². The molecule has 1 aromatic carbocycles. The molecule has 1 heterocycles. The number of rotatable bonds is 5. The number of aromatic nitrogens is 4. The maximum absolute atomic E-state index is 3.90. The highest BCUT2D eigenvalue weighted by molar-refractivity contribution is 5.53. The van der Waals surface area contributed by atoms with Crippen LogP contribution in [0.5, 0.6) is 0 Å². The summed E-state index contributed by atoms with van der Waals surface area (Å²) in [6.07, 6.45) is 2.79. The maximum atomic E-state index is 3.90. The molecule has 0 aliphatic heterocycles. The van der Waals surface area contributed by atoms with Crippen molar-refractivity contribution in [3.63, 3.8) is 0 Å². The van der Waals surface area contributed by atoms with Crippen molar-refractivity contribution in [3.8, 4) is 5.69 Å². The lowest BCUT2D eigenvalue weighted by Gasteiger charge is -2.13. The molecule has 18 heavy (non-hydrogen) atoms. The molecule has 1 aromatic heterocycles. The summed E-state index contributed by atoms with van der Waals surface area (Å²) in [5.41, 5.74) is 3.30. The van der Waals surface area contributed by atoms with E-state index in [-0.39, 0.29) is 0 Å². The molecule has 0 aliphatic rings. The summed E-state index contributed by atoms with van der Waals surface area (Å²) in [7, 11) is 0. The quantitative estimate of drug-likeness (QED) is 0.879. The van der Waals surface area contributed by atoms with Crippen molar-refractivity contribution in [2.75, 3.05) is 11.9 Å². The van der Waals surface area contributed by atoms with E-state index in [9.17, 15) is 0 Å². The molecule has 0 radical (unpaired) electrons. The molecule has 1 N–H and O–H groups in total. The van der Waals surface area contributed by atoms with E-state index in [1.165, 1.54) is 6.42 Å². The molecule has 0 saturated heterocycles. The van der Waals surface area contributed by atoms with Crippen LogP contribution in [0.4, 0.5) is 5.69 Å². The van der Waals surface area contributed by atoms with E-state index in [1.807, 2.05) is 6.07 Å². The SMILES string of the molecule is CCC(C)CNc1ccc(-n2cnnn2)c(C)c1. The highest BCUT2D eigenvalue weighted by atomic mass is 15.5. The third-order valence-corrected chi connectivity index (χ3v) is 3.14. The summed E-state index contributed by atoms with van der Waals surface area (Å²) in [6.45, 7) is 7.51. The number of anilines is 1. The first-order chi connectivity index (χ1) is 8.70. The fraction of sp³-hybridized carbons (Fsp3) is 0.462. The van der Waals surface area contributed by atoms with Crippen LogP contribution in [0.2, 0.25) is 0 Å². The largest absolute Gasteiger partial charge is 0.385 e. The third kappa shape index (κ3) is 2.85. The van der Waals surface area contributed by atoms with Gasteiger partial charge in [-0.2, -0.15) is 0 Å². The molecule has 96 valence electrons. The Hall–Kier alpha value is -1.91. The van der Waals surface area contributed by atoms with Crippen molar-refractivity contribution in [1.29, 1.82) is 0 Å². The highest BCUT2D eigenvalue weighted by Gasteiger charge is 2.04. The first-order valence-electron chi connectivity index (χ1n) is 6.28. The number of nitrogens with one attached hydrogen (secondary N) is 1. The fourth-order valence-corrected chi connectivity index (χ4v) is 1.73. The zero-order chi connectivity index (χ0) is 13.0. The Morgan fingerprint density at radius 2 is 2.22 bits per heavy atom. The van der Waals surface area contributed by atoms with E-state index in [4.69, 9.17) is 0 Å². The highest BCUT2D eigenvalue weighted by Crippen LogP contribution is 2.18. The molecule has 5 nitrogen and oxygen atoms in total. The molecule has 0 saturated carbocycles. The average Bonchev–Trinajstić information content (AvgIpc) is 2.89. The number of nitrogens with zero attached hydrogens (tertiary/aromatic N) is 4. The molecule has 5 heteroatoms. The van der Waals surface area contributed by atoms with Gasteiger partial charge >= 0.3 is 0 Å². The second-order valence-corrected chi connectivity index (χ2v) is 4.65. The van der Waals surface area contributed by atoms with Gasteiger partial charge in [0.1, 0.15) is 6.33 Å². The van der Waals surface area contributed by atoms with Crippen molar-refractivity contribution >= 4 is 5.69 Å². The van der Waals surface area contributed by atoms with Crippen LogP contribution >= 0.6 is 0 Å². The zero-order valence-corrected chi connectivity index (χ0v) is 11.1. The van der Waals surface area contributed by atoms with Gasteiger partial charge in [-0.05, 0) is 47.0 Å². The van der Waals surface area contributed by atoms with Crippen molar-refractivity contribution in [2.45, 2.75) is 27.2 Å². The second kappa shape index (κ2) is 5.62. The lowest BCUT2D eigenvalue weighted by Crippen LogP contribution is -2.10. The van der Waals surface area contributed by atoms with Gasteiger partial charge in [0.15, 0.2) is 0 Å². The average molecular weight is 245 g/mol. The molecular weight excluding hydrogens is 226 g/mol. The summed E-state index contributed by atoms with van der Waals surface area (Å²) in [4.78, 5) is 0. The number of tetrazole rings is 1. The summed E-state index contributed by atoms with van der Waals surface area (Å²) >= 11 is 0. The van der Waals surface area contributed by atoms with Gasteiger partial charge in [-0.15, -0.1) is 5.10 Å². The van der Waals surface area contributed by atoms with Crippen molar-refractivity contribution in [2.24, 2.45) is 5.92 Å². The Bertz CT molecular complexity index is 492. The van der Waals surface area contributed by atoms with E-state index in [0.717, 1.165) is 23.5 Å². The standard InChI is InChI=1S/C13H19N5/c1-4-10(2)8-14-12-5-6-13(11(3)7-12)18-9-15-16-17-18/h5-7,9-10,14H,4,8H2,1-3H3. The first kappa shape index (κ1) is 12.5. The van der Waals surface area contributed by atoms with Gasteiger partial charge in [-0.3, -0.25) is 0 Å². The van der Waals surface area contributed by atoms with Gasteiger partial charge in [0, 0.05) is 12.2 Å². The predicted octanol–water partition coefficient (Wildman–Crippen LogP) is 2.43. The Morgan fingerprint density at radius 3 is 2.83 bits per heavy atom. The van der Waals surface area contributed by atoms with Crippen LogP contribution in [-0.2, 0) is 0 Å². The molecule has 0 bridgehead atoms. The molecule has 0 spiro atoms. The number of hydrogen-bond acceptors (Lipinski definition) is 4. The predicted molar refractivity (Wildman–Crippen MR) is 71.8 cm³/mol. The summed E-state index contributed by atoms with van der Waals surface area (Å²) in [5.74, 6) is 0.685. The van der Waals surface area contributed by atoms with Gasteiger partial charge in [0.25, 0.3) is 0 Å². The van der Waals surface area contributed by atoms with Gasteiger partial charge in [-0.25, -0.2) is 4.68 Å². The Kier molecular flexibility index (Phi) is 3.92. The normalized spacial score (nSPS) is 12.4. The molecule has 2 rings (SSSR count). The molecule has 1 atom stereocenters. The smallest absolute Gasteiger partial charge is 0.143 e. The summed E-state index contributed by atoms with van der Waals surface area (Å²) < 4.78 is 1.67. The molecule has 0 fully saturated rings. The second-order valence-electron chi connectivity index (χ2n) is 4.65. The van der Waals surface area contributed by atoms with E-state index in [2.05, 4.69) is 53.7 Å². The van der Waals surface area contributed by atoms with Crippen LogP contribution in [0.1, 0.15) is 25.8 Å². The minimum absolute atomic E-state index is 0.685. The van der Waals surface area contributed by atoms with Crippen molar-refractivity contribution in [3.05, 3.63) is 30.1 Å². The van der Waals surface area contributed by atoms with Crippen LogP contribution in [-0.4, -0.2) is 26.8 Å². The molecular formula is C13H19N5. The minimum atomic E-state index is 0.685. The van der Waals surface area contributed by atoms with Crippen LogP contribution < -0.4 is 5.32 Å². The van der Waals surface area contributed by atoms with Crippen molar-refractivity contribution < 1.29 is 0 Å². The summed E-state index contributed by atoms with van der Waals surface area (Å²) in [6, 6.07) is 6.22. The van der Waals surface area contributed by atoms with Crippen LogP contribution in [0, 0.1) is 12.8 Å². The molecule has 0 amide bonds. The Morgan fingerprint density at radius 1 is 1.39 bits per heavy atom. The number of aryl methyl sites for hydroxylation is 1. The van der Waals surface area contributed by atoms with E-state index < -0.39 is 0 Å². The molecule has 2 aromatic rings. The summed E-state index contributed by atoms with van der Waals surface area (Å²) in [5, 5.41) is 14.6. The van der Waals surface area contributed by atoms with Gasteiger partial charge in [0.2, 0.25) is 0 Å². The van der Waals surface area contributed by atoms with E-state index >= 15 is 0 Å². The molecule has 0 aliphatic carbocycles. The topological polar surface area (TPSA) is 55.6 Å². The zero-order valence-electron chi connectivity index (χ0n) is 11.1. The van der Waals surface area contributed by atoms with E-state index in [1.54, 1.807) is 11.0 Å². The van der Waals surface area contributed by atoms with Crippen LogP contribution in [0.15, 0.2) is 24.5 Å².